The molecular formula is C14H22N2O3. The molecule has 0 atom stereocenters. The Morgan fingerprint density at radius 3 is 2.42 bits per heavy atom. The van der Waals surface area contributed by atoms with Crippen molar-refractivity contribution in [2.45, 2.75) is 26.7 Å². The Bertz CT molecular complexity index is 365. The van der Waals surface area contributed by atoms with E-state index in [1.54, 1.807) is 4.90 Å². The van der Waals surface area contributed by atoms with Gasteiger partial charge in [-0.05, 0) is 24.7 Å². The summed E-state index contributed by atoms with van der Waals surface area (Å²) in [5.41, 5.74) is 0. The van der Waals surface area contributed by atoms with Crippen molar-refractivity contribution in [1.29, 1.82) is 0 Å². The Kier molecular flexibility index (Phi) is 5.68. The lowest BCUT2D eigenvalue weighted by atomic mass is 9.87. The number of nitrogens with zero attached hydrogens (tertiary/aromatic N) is 2. The van der Waals surface area contributed by atoms with Crippen molar-refractivity contribution in [2.24, 2.45) is 11.8 Å². The molecule has 1 fully saturated rings. The molecule has 0 aliphatic carbocycles. The minimum absolute atomic E-state index is 0.0369. The second-order valence-electron chi connectivity index (χ2n) is 5.30. The van der Waals surface area contributed by atoms with Crippen molar-refractivity contribution in [3.63, 3.8) is 0 Å². The molecule has 1 rings (SSSR count). The van der Waals surface area contributed by atoms with Crippen LogP contribution in [0.3, 0.4) is 0 Å². The predicted octanol–water partition coefficient (Wildman–Crippen LogP) is 1.49. The summed E-state index contributed by atoms with van der Waals surface area (Å²) in [6.45, 7) is 5.45. The summed E-state index contributed by atoms with van der Waals surface area (Å²) in [7, 11) is 0. The molecule has 0 unspecified atom stereocenters. The van der Waals surface area contributed by atoms with Crippen LogP contribution in [0.25, 0.3) is 0 Å². The third-order valence-corrected chi connectivity index (χ3v) is 3.63. The highest BCUT2D eigenvalue weighted by molar-refractivity contribution is 5.80. The minimum Gasteiger partial charge on any atom is -0.480 e. The standard InChI is InChI=1S/C14H22N2O3/c1-4-7-16(10-13(17)18)14(19)15-8-5-12(6-9-15)11(2)3/h1,11-12H,5-10H2,2-3H3,(H,17,18). The maximum Gasteiger partial charge on any atom is 0.323 e. The Labute approximate surface area is 114 Å². The molecule has 1 aliphatic heterocycles. The molecule has 1 heterocycles. The van der Waals surface area contributed by atoms with Crippen LogP contribution in [0.15, 0.2) is 0 Å². The van der Waals surface area contributed by atoms with Gasteiger partial charge >= 0.3 is 12.0 Å². The quantitative estimate of drug-likeness (QED) is 0.784. The topological polar surface area (TPSA) is 60.9 Å². The lowest BCUT2D eigenvalue weighted by Crippen LogP contribution is -2.48. The van der Waals surface area contributed by atoms with Crippen molar-refractivity contribution >= 4 is 12.0 Å². The van der Waals surface area contributed by atoms with Gasteiger partial charge in [-0.1, -0.05) is 19.8 Å². The van der Waals surface area contributed by atoms with E-state index in [1.807, 2.05) is 0 Å². The fraction of sp³-hybridized carbons (Fsp3) is 0.714. The number of carboxylic acids is 1. The van der Waals surface area contributed by atoms with Crippen LogP contribution in [-0.4, -0.2) is 53.1 Å². The number of terminal acetylenes is 1. The Balaban J connectivity index is 2.57. The van der Waals surface area contributed by atoms with Crippen LogP contribution in [0.2, 0.25) is 0 Å². The second kappa shape index (κ2) is 7.03. The number of carbonyl (C=O) groups is 2. The molecule has 0 bridgehead atoms. The van der Waals surface area contributed by atoms with E-state index in [2.05, 4.69) is 19.8 Å². The van der Waals surface area contributed by atoms with Gasteiger partial charge in [0.05, 0.1) is 6.54 Å². The van der Waals surface area contributed by atoms with Gasteiger partial charge in [-0.25, -0.2) is 4.79 Å². The number of likely N-dealkylation sites (tertiary alicyclic amines) is 1. The number of rotatable bonds is 4. The summed E-state index contributed by atoms with van der Waals surface area (Å²) in [5.74, 6) is 2.56. The van der Waals surface area contributed by atoms with E-state index in [9.17, 15) is 9.59 Å². The Hall–Kier alpha value is -1.70. The summed E-state index contributed by atoms with van der Waals surface area (Å²) < 4.78 is 0. The number of carboxylic acid groups (broad SMARTS) is 1. The Morgan fingerprint density at radius 2 is 2.00 bits per heavy atom. The van der Waals surface area contributed by atoms with Crippen molar-refractivity contribution < 1.29 is 14.7 Å². The highest BCUT2D eigenvalue weighted by Crippen LogP contribution is 2.24. The average Bonchev–Trinajstić information content (AvgIpc) is 2.37. The molecule has 5 heteroatoms. The molecule has 0 radical (unpaired) electrons. The van der Waals surface area contributed by atoms with Crippen molar-refractivity contribution in [3.8, 4) is 12.3 Å². The fourth-order valence-electron chi connectivity index (χ4n) is 2.42. The van der Waals surface area contributed by atoms with Crippen LogP contribution in [-0.2, 0) is 4.79 Å². The Morgan fingerprint density at radius 1 is 1.42 bits per heavy atom. The molecule has 106 valence electrons. The zero-order chi connectivity index (χ0) is 14.4. The third kappa shape index (κ3) is 4.47. The molecular weight excluding hydrogens is 244 g/mol. The first-order valence-corrected chi connectivity index (χ1v) is 6.64. The normalized spacial score (nSPS) is 16.2. The first kappa shape index (κ1) is 15.4. The maximum absolute atomic E-state index is 12.2. The molecule has 1 saturated heterocycles. The molecule has 1 aliphatic rings. The lowest BCUT2D eigenvalue weighted by molar-refractivity contribution is -0.137. The minimum atomic E-state index is -1.04. The van der Waals surface area contributed by atoms with Crippen LogP contribution < -0.4 is 0 Å². The fourth-order valence-corrected chi connectivity index (χ4v) is 2.42. The van der Waals surface area contributed by atoms with Crippen LogP contribution in [0.1, 0.15) is 26.7 Å². The van der Waals surface area contributed by atoms with Crippen LogP contribution >= 0.6 is 0 Å². The summed E-state index contributed by atoms with van der Waals surface area (Å²) in [5, 5.41) is 8.79. The van der Waals surface area contributed by atoms with Crippen molar-refractivity contribution in [2.75, 3.05) is 26.2 Å². The number of aliphatic carboxylic acids is 1. The van der Waals surface area contributed by atoms with Gasteiger partial charge in [0, 0.05) is 13.1 Å². The third-order valence-electron chi connectivity index (χ3n) is 3.63. The van der Waals surface area contributed by atoms with E-state index < -0.39 is 5.97 Å². The highest BCUT2D eigenvalue weighted by atomic mass is 16.4. The number of hydrogen-bond acceptors (Lipinski definition) is 2. The summed E-state index contributed by atoms with van der Waals surface area (Å²) in [6, 6.07) is -0.262. The van der Waals surface area contributed by atoms with Crippen molar-refractivity contribution in [3.05, 3.63) is 0 Å². The van der Waals surface area contributed by atoms with Gasteiger partial charge in [0.15, 0.2) is 0 Å². The first-order valence-electron chi connectivity index (χ1n) is 6.64. The zero-order valence-electron chi connectivity index (χ0n) is 11.6. The van der Waals surface area contributed by atoms with Gasteiger partial charge in [0.25, 0.3) is 0 Å². The number of carbonyl (C=O) groups excluding carboxylic acids is 1. The summed E-state index contributed by atoms with van der Waals surface area (Å²) in [4.78, 5) is 25.8. The zero-order valence-corrected chi connectivity index (χ0v) is 11.6. The van der Waals surface area contributed by atoms with Crippen LogP contribution in [0, 0.1) is 24.2 Å². The van der Waals surface area contributed by atoms with E-state index in [1.165, 1.54) is 4.90 Å². The average molecular weight is 266 g/mol. The van der Waals surface area contributed by atoms with E-state index in [0.717, 1.165) is 12.8 Å². The van der Waals surface area contributed by atoms with Gasteiger partial charge < -0.3 is 14.9 Å². The molecule has 1 N–H and O–H groups in total. The summed E-state index contributed by atoms with van der Waals surface area (Å²) in [6.07, 6.45) is 7.12. The molecule has 0 saturated carbocycles. The largest absolute Gasteiger partial charge is 0.480 e. The van der Waals surface area contributed by atoms with E-state index in [-0.39, 0.29) is 19.1 Å². The molecule has 2 amide bonds. The van der Waals surface area contributed by atoms with Gasteiger partial charge in [0.2, 0.25) is 0 Å². The van der Waals surface area contributed by atoms with E-state index in [4.69, 9.17) is 11.5 Å². The monoisotopic (exact) mass is 266 g/mol. The smallest absolute Gasteiger partial charge is 0.323 e. The molecule has 0 aromatic carbocycles. The molecule has 19 heavy (non-hydrogen) atoms. The number of piperidine rings is 1. The first-order chi connectivity index (χ1) is 8.95. The van der Waals surface area contributed by atoms with Gasteiger partial charge in [-0.15, -0.1) is 6.42 Å². The van der Waals surface area contributed by atoms with E-state index in [0.29, 0.717) is 24.9 Å². The second-order valence-corrected chi connectivity index (χ2v) is 5.30. The molecule has 5 nitrogen and oxygen atoms in total. The van der Waals surface area contributed by atoms with E-state index >= 15 is 0 Å². The molecule has 0 spiro atoms. The number of urea groups is 1. The number of hydrogen-bond donors (Lipinski definition) is 1. The number of amides is 2. The van der Waals surface area contributed by atoms with Crippen LogP contribution in [0.5, 0.6) is 0 Å². The van der Waals surface area contributed by atoms with Crippen molar-refractivity contribution in [1.82, 2.24) is 9.80 Å². The highest BCUT2D eigenvalue weighted by Gasteiger charge is 2.27. The predicted molar refractivity (Wildman–Crippen MR) is 72.6 cm³/mol. The molecule has 0 aromatic rings. The summed E-state index contributed by atoms with van der Waals surface area (Å²) >= 11 is 0. The van der Waals surface area contributed by atoms with Gasteiger partial charge in [0.1, 0.15) is 6.54 Å². The van der Waals surface area contributed by atoms with Crippen LogP contribution in [0.4, 0.5) is 4.79 Å². The maximum atomic E-state index is 12.2. The van der Waals surface area contributed by atoms with Gasteiger partial charge in [-0.2, -0.15) is 0 Å². The SMILES string of the molecule is C#CCN(CC(=O)O)C(=O)N1CCC(C(C)C)CC1. The van der Waals surface area contributed by atoms with Gasteiger partial charge in [-0.3, -0.25) is 4.79 Å². The lowest BCUT2D eigenvalue weighted by Gasteiger charge is -2.36. The molecule has 0 aromatic heterocycles.